The highest BCUT2D eigenvalue weighted by molar-refractivity contribution is 5.99. The van der Waals surface area contributed by atoms with Crippen LogP contribution in [-0.2, 0) is 0 Å². The zero-order valence-corrected chi connectivity index (χ0v) is 6.75. The molecular formula is C9H10FNO. The predicted molar refractivity (Wildman–Crippen MR) is 44.4 cm³/mol. The number of rotatable bonds is 2. The lowest BCUT2D eigenvalue weighted by atomic mass is 10.1. The summed E-state index contributed by atoms with van der Waals surface area (Å²) in [5.74, 6) is -0.522. The summed E-state index contributed by atoms with van der Waals surface area (Å²) < 4.78 is 12.4. The van der Waals surface area contributed by atoms with Gasteiger partial charge in [0.05, 0.1) is 6.04 Å². The van der Waals surface area contributed by atoms with Gasteiger partial charge in [-0.25, -0.2) is 4.39 Å². The van der Waals surface area contributed by atoms with Crippen LogP contribution in [-0.4, -0.2) is 11.8 Å². The molecule has 0 fully saturated rings. The SMILES string of the molecule is C[C@@H](N)C(=O)c1ccc(F)cc1. The molecule has 0 aliphatic heterocycles. The standard InChI is InChI=1S/C9H10FNO/c1-6(11)9(12)7-2-4-8(10)5-3-7/h2-6H,11H2,1H3/t6-/m1/s1. The van der Waals surface area contributed by atoms with E-state index in [0.29, 0.717) is 5.56 Å². The van der Waals surface area contributed by atoms with E-state index in [1.54, 1.807) is 6.92 Å². The van der Waals surface area contributed by atoms with Crippen molar-refractivity contribution in [3.63, 3.8) is 0 Å². The van der Waals surface area contributed by atoms with Crippen molar-refractivity contribution < 1.29 is 9.18 Å². The molecule has 0 aromatic heterocycles. The lowest BCUT2D eigenvalue weighted by molar-refractivity contribution is 0.0968. The van der Waals surface area contributed by atoms with Crippen molar-refractivity contribution in [2.45, 2.75) is 13.0 Å². The Bertz CT molecular complexity index is 279. The molecule has 1 aromatic carbocycles. The molecule has 1 atom stereocenters. The molecule has 1 rings (SSSR count). The molecule has 0 amide bonds. The first kappa shape index (κ1) is 8.87. The minimum atomic E-state index is -0.532. The molecular weight excluding hydrogens is 157 g/mol. The maximum atomic E-state index is 12.4. The quantitative estimate of drug-likeness (QED) is 0.676. The molecule has 0 aliphatic carbocycles. The first-order chi connectivity index (χ1) is 5.61. The van der Waals surface area contributed by atoms with Gasteiger partial charge in [0, 0.05) is 5.56 Å². The van der Waals surface area contributed by atoms with Crippen molar-refractivity contribution in [3.05, 3.63) is 35.6 Å². The van der Waals surface area contributed by atoms with Crippen LogP contribution >= 0.6 is 0 Å². The number of nitrogens with two attached hydrogens (primary N) is 1. The molecule has 2 N–H and O–H groups in total. The maximum Gasteiger partial charge on any atom is 0.179 e. The average molecular weight is 167 g/mol. The van der Waals surface area contributed by atoms with Crippen LogP contribution in [0.15, 0.2) is 24.3 Å². The van der Waals surface area contributed by atoms with Crippen molar-refractivity contribution in [3.8, 4) is 0 Å². The van der Waals surface area contributed by atoms with Crippen LogP contribution < -0.4 is 5.73 Å². The Morgan fingerprint density at radius 2 is 1.92 bits per heavy atom. The van der Waals surface area contributed by atoms with Crippen molar-refractivity contribution in [1.29, 1.82) is 0 Å². The van der Waals surface area contributed by atoms with Gasteiger partial charge in [-0.05, 0) is 31.2 Å². The summed E-state index contributed by atoms with van der Waals surface area (Å²) in [6, 6.07) is 4.82. The molecule has 0 spiro atoms. The van der Waals surface area contributed by atoms with E-state index in [1.807, 2.05) is 0 Å². The largest absolute Gasteiger partial charge is 0.321 e. The minimum Gasteiger partial charge on any atom is -0.321 e. The molecule has 0 saturated heterocycles. The van der Waals surface area contributed by atoms with Crippen LogP contribution in [0.4, 0.5) is 4.39 Å². The minimum absolute atomic E-state index is 0.171. The van der Waals surface area contributed by atoms with E-state index >= 15 is 0 Å². The normalized spacial score (nSPS) is 12.6. The average Bonchev–Trinajstić information content (AvgIpc) is 2.04. The van der Waals surface area contributed by atoms with Gasteiger partial charge >= 0.3 is 0 Å². The first-order valence-electron chi connectivity index (χ1n) is 3.66. The van der Waals surface area contributed by atoms with E-state index in [4.69, 9.17) is 5.73 Å². The van der Waals surface area contributed by atoms with Gasteiger partial charge in [0.2, 0.25) is 0 Å². The number of benzene rings is 1. The second kappa shape index (κ2) is 3.45. The van der Waals surface area contributed by atoms with E-state index in [9.17, 15) is 9.18 Å². The zero-order valence-electron chi connectivity index (χ0n) is 6.75. The van der Waals surface area contributed by atoms with Crippen LogP contribution in [0.2, 0.25) is 0 Å². The molecule has 0 saturated carbocycles. The fourth-order valence-electron chi connectivity index (χ4n) is 0.877. The number of ketones is 1. The summed E-state index contributed by atoms with van der Waals surface area (Å²) in [5.41, 5.74) is 5.81. The van der Waals surface area contributed by atoms with Gasteiger partial charge in [-0.3, -0.25) is 4.79 Å². The lowest BCUT2D eigenvalue weighted by Gasteiger charge is -2.02. The van der Waals surface area contributed by atoms with Gasteiger partial charge in [0.25, 0.3) is 0 Å². The van der Waals surface area contributed by atoms with Gasteiger partial charge in [0.1, 0.15) is 5.82 Å². The molecule has 1 aromatic rings. The molecule has 0 unspecified atom stereocenters. The van der Waals surface area contributed by atoms with Crippen molar-refractivity contribution in [2.75, 3.05) is 0 Å². The first-order valence-corrected chi connectivity index (χ1v) is 3.66. The van der Waals surface area contributed by atoms with Crippen LogP contribution in [0.25, 0.3) is 0 Å². The van der Waals surface area contributed by atoms with Crippen LogP contribution in [0, 0.1) is 5.82 Å². The summed E-state index contributed by atoms with van der Waals surface area (Å²) in [5, 5.41) is 0. The van der Waals surface area contributed by atoms with Gasteiger partial charge < -0.3 is 5.73 Å². The van der Waals surface area contributed by atoms with Crippen molar-refractivity contribution >= 4 is 5.78 Å². The molecule has 0 bridgehead atoms. The maximum absolute atomic E-state index is 12.4. The second-order valence-corrected chi connectivity index (χ2v) is 2.66. The van der Waals surface area contributed by atoms with E-state index in [1.165, 1.54) is 24.3 Å². The number of carbonyl (C=O) groups excluding carboxylic acids is 1. The predicted octanol–water partition coefficient (Wildman–Crippen LogP) is 1.36. The van der Waals surface area contributed by atoms with E-state index in [0.717, 1.165) is 0 Å². The highest BCUT2D eigenvalue weighted by Crippen LogP contribution is 2.04. The van der Waals surface area contributed by atoms with Crippen LogP contribution in [0.5, 0.6) is 0 Å². The molecule has 12 heavy (non-hydrogen) atoms. The van der Waals surface area contributed by atoms with Crippen molar-refractivity contribution in [2.24, 2.45) is 5.73 Å². The Balaban J connectivity index is 2.90. The van der Waals surface area contributed by atoms with E-state index < -0.39 is 6.04 Å². The number of Topliss-reactive ketones (excluding diaryl/α,β-unsaturated/α-hetero) is 1. The highest BCUT2D eigenvalue weighted by Gasteiger charge is 2.09. The molecule has 0 aliphatic rings. The Morgan fingerprint density at radius 1 is 1.42 bits per heavy atom. The monoisotopic (exact) mass is 167 g/mol. The fraction of sp³-hybridized carbons (Fsp3) is 0.222. The van der Waals surface area contributed by atoms with Gasteiger partial charge in [0.15, 0.2) is 5.78 Å². The van der Waals surface area contributed by atoms with Gasteiger partial charge in [-0.1, -0.05) is 0 Å². The molecule has 3 heteroatoms. The van der Waals surface area contributed by atoms with Crippen LogP contribution in [0.3, 0.4) is 0 Å². The Hall–Kier alpha value is -1.22. The molecule has 0 radical (unpaired) electrons. The van der Waals surface area contributed by atoms with E-state index in [-0.39, 0.29) is 11.6 Å². The van der Waals surface area contributed by atoms with Crippen LogP contribution in [0.1, 0.15) is 17.3 Å². The third-order valence-corrected chi connectivity index (χ3v) is 1.54. The zero-order chi connectivity index (χ0) is 9.14. The van der Waals surface area contributed by atoms with Gasteiger partial charge in [-0.2, -0.15) is 0 Å². The molecule has 64 valence electrons. The summed E-state index contributed by atoms with van der Waals surface area (Å²) in [4.78, 5) is 11.2. The van der Waals surface area contributed by atoms with E-state index in [2.05, 4.69) is 0 Å². The summed E-state index contributed by atoms with van der Waals surface area (Å²) in [7, 11) is 0. The molecule has 0 heterocycles. The number of hydrogen-bond acceptors (Lipinski definition) is 2. The molecule has 2 nitrogen and oxygen atoms in total. The third-order valence-electron chi connectivity index (χ3n) is 1.54. The number of carbonyl (C=O) groups is 1. The Labute approximate surface area is 70.2 Å². The third kappa shape index (κ3) is 1.89. The summed E-state index contributed by atoms with van der Waals surface area (Å²) in [6.45, 7) is 1.60. The summed E-state index contributed by atoms with van der Waals surface area (Å²) in [6.07, 6.45) is 0. The second-order valence-electron chi connectivity index (χ2n) is 2.66. The topological polar surface area (TPSA) is 43.1 Å². The lowest BCUT2D eigenvalue weighted by Crippen LogP contribution is -2.26. The fourth-order valence-corrected chi connectivity index (χ4v) is 0.877. The Kier molecular flexibility index (Phi) is 2.55. The Morgan fingerprint density at radius 3 is 2.33 bits per heavy atom. The summed E-state index contributed by atoms with van der Waals surface area (Å²) >= 11 is 0. The smallest absolute Gasteiger partial charge is 0.179 e. The van der Waals surface area contributed by atoms with Gasteiger partial charge in [-0.15, -0.1) is 0 Å². The number of hydrogen-bond donors (Lipinski definition) is 1. The number of halogens is 1. The van der Waals surface area contributed by atoms with Crippen molar-refractivity contribution in [1.82, 2.24) is 0 Å². The highest BCUT2D eigenvalue weighted by atomic mass is 19.1.